The minimum Gasteiger partial charge on any atom is -0.493 e. The summed E-state index contributed by atoms with van der Waals surface area (Å²) >= 11 is 0. The topological polar surface area (TPSA) is 76.0 Å². The lowest BCUT2D eigenvalue weighted by Crippen LogP contribution is -2.02. The van der Waals surface area contributed by atoms with Gasteiger partial charge in [-0.15, -0.1) is 0 Å². The van der Waals surface area contributed by atoms with Gasteiger partial charge in [0.2, 0.25) is 0 Å². The van der Waals surface area contributed by atoms with Gasteiger partial charge in [0.25, 0.3) is 0 Å². The van der Waals surface area contributed by atoms with E-state index < -0.39 is 0 Å². The average molecular weight is 328 g/mol. The van der Waals surface area contributed by atoms with Crippen molar-refractivity contribution in [3.63, 3.8) is 0 Å². The molecule has 0 heterocycles. The van der Waals surface area contributed by atoms with Gasteiger partial charge < -0.3 is 19.7 Å². The van der Waals surface area contributed by atoms with Gasteiger partial charge in [-0.25, -0.2) is 0 Å². The average Bonchev–Trinajstić information content (AvgIpc) is 2.88. The van der Waals surface area contributed by atoms with Crippen LogP contribution in [0.2, 0.25) is 0 Å². The summed E-state index contributed by atoms with van der Waals surface area (Å²) in [7, 11) is 0. The number of hydrogen-bond acceptors (Lipinski definition) is 5. The largest absolute Gasteiger partial charge is 0.493 e. The van der Waals surface area contributed by atoms with E-state index in [1.165, 1.54) is 0 Å². The first-order chi connectivity index (χ1) is 11.7. The highest BCUT2D eigenvalue weighted by Gasteiger charge is 2.27. The van der Waals surface area contributed by atoms with Crippen LogP contribution in [-0.4, -0.2) is 42.4 Å². The van der Waals surface area contributed by atoms with Crippen LogP contribution in [-0.2, 0) is 0 Å². The molecule has 0 saturated carbocycles. The Morgan fingerprint density at radius 3 is 1.58 bits per heavy atom. The van der Waals surface area contributed by atoms with Gasteiger partial charge >= 0.3 is 0 Å². The first-order valence-corrected chi connectivity index (χ1v) is 8.05. The van der Waals surface area contributed by atoms with Gasteiger partial charge in [-0.1, -0.05) is 0 Å². The predicted octanol–water partition coefficient (Wildman–Crippen LogP) is 2.42. The predicted molar refractivity (Wildman–Crippen MR) is 89.7 cm³/mol. The van der Waals surface area contributed by atoms with Crippen molar-refractivity contribution in [2.45, 2.75) is 12.8 Å². The lowest BCUT2D eigenvalue weighted by molar-refractivity contribution is 0.104. The summed E-state index contributed by atoms with van der Waals surface area (Å²) in [6.07, 6.45) is 1.11. The van der Waals surface area contributed by atoms with E-state index in [0.717, 1.165) is 11.1 Å². The fraction of sp³-hybridized carbons (Fsp3) is 0.316. The SMILES string of the molecule is O=C1c2cc(OCCCO)ccc2-c2ccc(OCCCO)cc21. The Kier molecular flexibility index (Phi) is 5.13. The molecule has 0 bridgehead atoms. The third-order valence-electron chi connectivity index (χ3n) is 3.90. The van der Waals surface area contributed by atoms with E-state index in [-0.39, 0.29) is 19.0 Å². The normalized spacial score (nSPS) is 12.0. The van der Waals surface area contributed by atoms with E-state index in [1.54, 1.807) is 12.1 Å². The number of carbonyl (C=O) groups is 1. The summed E-state index contributed by atoms with van der Waals surface area (Å²) in [5.41, 5.74) is 3.04. The number of aliphatic hydroxyl groups is 2. The highest BCUT2D eigenvalue weighted by atomic mass is 16.5. The number of fused-ring (bicyclic) bond motifs is 3. The molecule has 0 fully saturated rings. The molecule has 1 aliphatic carbocycles. The molecule has 2 N–H and O–H groups in total. The Hall–Kier alpha value is -2.37. The van der Waals surface area contributed by atoms with E-state index in [4.69, 9.17) is 19.7 Å². The Morgan fingerprint density at radius 2 is 1.17 bits per heavy atom. The molecule has 0 unspecified atom stereocenters. The molecule has 5 heteroatoms. The second kappa shape index (κ2) is 7.47. The van der Waals surface area contributed by atoms with Gasteiger partial charge in [-0.2, -0.15) is 0 Å². The zero-order chi connectivity index (χ0) is 16.9. The molecule has 24 heavy (non-hydrogen) atoms. The van der Waals surface area contributed by atoms with Crippen LogP contribution in [0, 0.1) is 0 Å². The van der Waals surface area contributed by atoms with Gasteiger partial charge in [0.15, 0.2) is 5.78 Å². The monoisotopic (exact) mass is 328 g/mol. The van der Waals surface area contributed by atoms with E-state index in [1.807, 2.05) is 24.3 Å². The molecule has 0 saturated heterocycles. The van der Waals surface area contributed by atoms with Crippen molar-refractivity contribution in [3.8, 4) is 22.6 Å². The summed E-state index contributed by atoms with van der Waals surface area (Å²) in [5.74, 6) is 1.21. The Labute approximate surface area is 140 Å². The minimum atomic E-state index is -0.0415. The van der Waals surface area contributed by atoms with Crippen LogP contribution in [0.1, 0.15) is 28.8 Å². The molecule has 5 nitrogen and oxygen atoms in total. The fourth-order valence-corrected chi connectivity index (χ4v) is 2.73. The zero-order valence-electron chi connectivity index (χ0n) is 13.3. The lowest BCUT2D eigenvalue weighted by atomic mass is 10.1. The fourth-order valence-electron chi connectivity index (χ4n) is 2.73. The minimum absolute atomic E-state index is 0.0415. The molecule has 1 aliphatic rings. The Balaban J connectivity index is 1.81. The quantitative estimate of drug-likeness (QED) is 0.621. The molecule has 2 aromatic rings. The van der Waals surface area contributed by atoms with Crippen molar-refractivity contribution in [1.29, 1.82) is 0 Å². The number of hydrogen-bond donors (Lipinski definition) is 2. The van der Waals surface area contributed by atoms with Crippen LogP contribution in [0.3, 0.4) is 0 Å². The van der Waals surface area contributed by atoms with Crippen molar-refractivity contribution in [2.24, 2.45) is 0 Å². The second-order valence-corrected chi connectivity index (χ2v) is 5.60. The molecule has 0 radical (unpaired) electrons. The molecule has 0 aromatic heterocycles. The Bertz CT molecular complexity index is 677. The van der Waals surface area contributed by atoms with Gasteiger partial charge in [0, 0.05) is 37.2 Å². The maximum Gasteiger partial charge on any atom is 0.194 e. The number of ether oxygens (including phenoxy) is 2. The summed E-state index contributed by atoms with van der Waals surface area (Å²) in [6, 6.07) is 11.0. The first kappa shape index (κ1) is 16.5. The smallest absolute Gasteiger partial charge is 0.194 e. The molecular formula is C19H20O5. The first-order valence-electron chi connectivity index (χ1n) is 8.05. The van der Waals surface area contributed by atoms with E-state index in [2.05, 4.69) is 0 Å². The summed E-state index contributed by atoms with van der Waals surface area (Å²) in [5, 5.41) is 17.6. The van der Waals surface area contributed by atoms with E-state index in [0.29, 0.717) is 48.7 Å². The number of rotatable bonds is 8. The molecular weight excluding hydrogens is 308 g/mol. The van der Waals surface area contributed by atoms with Crippen LogP contribution in [0.25, 0.3) is 11.1 Å². The molecule has 0 amide bonds. The summed E-state index contributed by atoms with van der Waals surface area (Å²) < 4.78 is 11.1. The van der Waals surface area contributed by atoms with Gasteiger partial charge in [0.05, 0.1) is 13.2 Å². The summed E-state index contributed by atoms with van der Waals surface area (Å²) in [6.45, 7) is 0.987. The van der Waals surface area contributed by atoms with Crippen molar-refractivity contribution in [2.75, 3.05) is 26.4 Å². The van der Waals surface area contributed by atoms with Crippen LogP contribution in [0.4, 0.5) is 0 Å². The zero-order valence-corrected chi connectivity index (χ0v) is 13.3. The van der Waals surface area contributed by atoms with Crippen LogP contribution in [0.15, 0.2) is 36.4 Å². The molecule has 3 rings (SSSR count). The van der Waals surface area contributed by atoms with E-state index in [9.17, 15) is 4.79 Å². The number of aliphatic hydroxyl groups excluding tert-OH is 2. The molecule has 0 atom stereocenters. The third-order valence-corrected chi connectivity index (χ3v) is 3.90. The third kappa shape index (κ3) is 3.27. The molecule has 126 valence electrons. The van der Waals surface area contributed by atoms with Gasteiger partial charge in [-0.05, 0) is 47.5 Å². The standard InChI is InChI=1S/C19H20O5/c20-7-1-9-23-13-3-5-15-16-6-4-14(24-10-2-8-21)12-18(16)19(22)17(15)11-13/h3-6,11-12,20-21H,1-2,7-10H2. The van der Waals surface area contributed by atoms with Crippen molar-refractivity contribution in [3.05, 3.63) is 47.5 Å². The summed E-state index contributed by atoms with van der Waals surface area (Å²) in [4.78, 5) is 12.7. The molecule has 2 aromatic carbocycles. The lowest BCUT2D eigenvalue weighted by Gasteiger charge is -2.07. The number of ketones is 1. The van der Waals surface area contributed by atoms with Crippen molar-refractivity contribution >= 4 is 5.78 Å². The maximum absolute atomic E-state index is 12.7. The second-order valence-electron chi connectivity index (χ2n) is 5.60. The van der Waals surface area contributed by atoms with E-state index >= 15 is 0 Å². The maximum atomic E-state index is 12.7. The number of carbonyl (C=O) groups excluding carboxylic acids is 1. The van der Waals surface area contributed by atoms with Gasteiger partial charge in [-0.3, -0.25) is 4.79 Å². The highest BCUT2D eigenvalue weighted by molar-refractivity contribution is 6.22. The van der Waals surface area contributed by atoms with Crippen LogP contribution >= 0.6 is 0 Å². The Morgan fingerprint density at radius 1 is 0.708 bits per heavy atom. The van der Waals surface area contributed by atoms with Gasteiger partial charge in [0.1, 0.15) is 11.5 Å². The molecule has 0 spiro atoms. The van der Waals surface area contributed by atoms with Crippen LogP contribution in [0.5, 0.6) is 11.5 Å². The molecule has 0 aliphatic heterocycles. The van der Waals surface area contributed by atoms with Crippen molar-refractivity contribution in [1.82, 2.24) is 0 Å². The van der Waals surface area contributed by atoms with Crippen molar-refractivity contribution < 1.29 is 24.5 Å². The van der Waals surface area contributed by atoms with Crippen LogP contribution < -0.4 is 9.47 Å². The number of benzene rings is 2. The highest BCUT2D eigenvalue weighted by Crippen LogP contribution is 2.39.